The quantitative estimate of drug-likeness (QED) is 0.216. The summed E-state index contributed by atoms with van der Waals surface area (Å²) in [6, 6.07) is 24.6. The molecule has 0 aromatic heterocycles. The largest absolute Gasteiger partial charge is 0.497 e. The molecule has 4 rings (SSSR count). The molecular weight excluding hydrogens is 454 g/mol. The third-order valence-electron chi connectivity index (χ3n) is 4.87. The van der Waals surface area contributed by atoms with Crippen molar-refractivity contribution in [3.8, 4) is 17.2 Å². The predicted octanol–water partition coefficient (Wildman–Crippen LogP) is 5.95. The molecule has 0 spiro atoms. The number of methoxy groups -OCH3 is 1. The number of hydrogen-bond acceptors (Lipinski definition) is 6. The minimum Gasteiger partial charge on any atom is -0.497 e. The van der Waals surface area contributed by atoms with Crippen molar-refractivity contribution in [1.82, 2.24) is 0 Å². The number of anilines is 1. The van der Waals surface area contributed by atoms with Gasteiger partial charge >= 0.3 is 0 Å². The maximum atomic E-state index is 12.8. The van der Waals surface area contributed by atoms with Gasteiger partial charge in [-0.3, -0.25) is 9.69 Å². The molecule has 168 valence electrons. The van der Waals surface area contributed by atoms with Crippen LogP contribution in [0.15, 0.2) is 83.8 Å². The van der Waals surface area contributed by atoms with Crippen molar-refractivity contribution in [3.63, 3.8) is 0 Å². The number of amides is 1. The van der Waals surface area contributed by atoms with Gasteiger partial charge in [-0.05, 0) is 60.2 Å². The van der Waals surface area contributed by atoms with Crippen LogP contribution in [0.2, 0.25) is 0 Å². The van der Waals surface area contributed by atoms with Gasteiger partial charge in [-0.1, -0.05) is 54.3 Å². The fraction of sp³-hybridized carbons (Fsp3) is 0.154. The van der Waals surface area contributed by atoms with Crippen LogP contribution in [0.4, 0.5) is 5.69 Å². The molecule has 1 heterocycles. The zero-order valence-electron chi connectivity index (χ0n) is 18.1. The smallest absolute Gasteiger partial charge is 0.270 e. The minimum atomic E-state index is -0.103. The number of para-hydroxylation sites is 1. The van der Waals surface area contributed by atoms with Gasteiger partial charge in [0.1, 0.15) is 17.2 Å². The summed E-state index contributed by atoms with van der Waals surface area (Å²) in [5.41, 5.74) is 1.70. The van der Waals surface area contributed by atoms with Crippen LogP contribution in [0.5, 0.6) is 17.2 Å². The van der Waals surface area contributed by atoms with Gasteiger partial charge in [0.05, 0.1) is 30.9 Å². The standard InChI is InChI=1S/C26H23NO4S2/c1-29-21-12-14-23(15-13-21)31-17-5-16-30-22-10-8-19(9-11-22)18-24-25(28)27(26(32)33-24)20-6-3-2-4-7-20/h2-4,6-15,18H,5,16-17H2,1H3. The zero-order valence-corrected chi connectivity index (χ0v) is 19.7. The lowest BCUT2D eigenvalue weighted by Gasteiger charge is -2.13. The molecule has 0 unspecified atom stereocenters. The summed E-state index contributed by atoms with van der Waals surface area (Å²) < 4.78 is 17.2. The molecule has 0 aliphatic carbocycles. The molecule has 0 atom stereocenters. The predicted molar refractivity (Wildman–Crippen MR) is 137 cm³/mol. The molecule has 0 N–H and O–H groups in total. The summed E-state index contributed by atoms with van der Waals surface area (Å²) in [6.07, 6.45) is 2.62. The van der Waals surface area contributed by atoms with Crippen LogP contribution < -0.4 is 19.1 Å². The van der Waals surface area contributed by atoms with E-state index in [1.54, 1.807) is 12.0 Å². The van der Waals surface area contributed by atoms with E-state index in [4.69, 9.17) is 26.4 Å². The van der Waals surface area contributed by atoms with Crippen molar-refractivity contribution in [2.24, 2.45) is 0 Å². The third-order valence-corrected chi connectivity index (χ3v) is 6.17. The van der Waals surface area contributed by atoms with Crippen LogP contribution >= 0.6 is 24.0 Å². The number of ether oxygens (including phenoxy) is 3. The molecule has 33 heavy (non-hydrogen) atoms. The Morgan fingerprint density at radius 1 is 0.848 bits per heavy atom. The van der Waals surface area contributed by atoms with E-state index >= 15 is 0 Å². The lowest BCUT2D eigenvalue weighted by molar-refractivity contribution is -0.113. The van der Waals surface area contributed by atoms with E-state index in [9.17, 15) is 4.79 Å². The number of carbonyl (C=O) groups is 1. The molecule has 3 aromatic carbocycles. The lowest BCUT2D eigenvalue weighted by atomic mass is 10.2. The highest BCUT2D eigenvalue weighted by Gasteiger charge is 2.33. The fourth-order valence-electron chi connectivity index (χ4n) is 3.19. The van der Waals surface area contributed by atoms with Crippen molar-refractivity contribution in [1.29, 1.82) is 0 Å². The number of nitrogens with zero attached hydrogens (tertiary/aromatic N) is 1. The first kappa shape index (κ1) is 22.9. The van der Waals surface area contributed by atoms with E-state index < -0.39 is 0 Å². The Morgan fingerprint density at radius 2 is 1.42 bits per heavy atom. The molecule has 5 nitrogen and oxygen atoms in total. The normalized spacial score (nSPS) is 14.6. The first-order chi connectivity index (χ1) is 16.1. The number of carbonyl (C=O) groups excluding carboxylic acids is 1. The van der Waals surface area contributed by atoms with Crippen molar-refractivity contribution in [2.45, 2.75) is 6.42 Å². The Balaban J connectivity index is 1.26. The van der Waals surface area contributed by atoms with Gasteiger partial charge in [0.25, 0.3) is 5.91 Å². The highest BCUT2D eigenvalue weighted by molar-refractivity contribution is 8.27. The second kappa shape index (κ2) is 11.0. The van der Waals surface area contributed by atoms with E-state index in [1.165, 1.54) is 11.8 Å². The van der Waals surface area contributed by atoms with Gasteiger partial charge in [0, 0.05) is 6.42 Å². The second-order valence-electron chi connectivity index (χ2n) is 7.15. The lowest BCUT2D eigenvalue weighted by Crippen LogP contribution is -2.27. The van der Waals surface area contributed by atoms with Gasteiger partial charge < -0.3 is 14.2 Å². The van der Waals surface area contributed by atoms with Gasteiger partial charge in [-0.2, -0.15) is 0 Å². The Kier molecular flexibility index (Phi) is 7.65. The van der Waals surface area contributed by atoms with Crippen LogP contribution in [-0.4, -0.2) is 30.6 Å². The Morgan fingerprint density at radius 3 is 2.03 bits per heavy atom. The molecule has 1 aliphatic rings. The van der Waals surface area contributed by atoms with E-state index in [0.29, 0.717) is 22.4 Å². The van der Waals surface area contributed by atoms with Gasteiger partial charge in [-0.25, -0.2) is 0 Å². The average molecular weight is 478 g/mol. The highest BCUT2D eigenvalue weighted by atomic mass is 32.2. The molecule has 1 aliphatic heterocycles. The number of rotatable bonds is 9. The molecule has 1 saturated heterocycles. The zero-order chi connectivity index (χ0) is 23.0. The number of thiocarbonyl (C=S) groups is 1. The Bertz CT molecular complexity index is 1130. The summed E-state index contributed by atoms with van der Waals surface area (Å²) >= 11 is 6.73. The topological polar surface area (TPSA) is 48.0 Å². The minimum absolute atomic E-state index is 0.103. The monoisotopic (exact) mass is 477 g/mol. The molecule has 1 amide bonds. The molecule has 0 bridgehead atoms. The Labute approximate surface area is 203 Å². The number of thioether (sulfide) groups is 1. The van der Waals surface area contributed by atoms with E-state index in [2.05, 4.69) is 0 Å². The van der Waals surface area contributed by atoms with Crippen LogP contribution in [0.25, 0.3) is 6.08 Å². The SMILES string of the molecule is COc1ccc(OCCCOc2ccc(C=C3SC(=S)N(c4ccccc4)C3=O)cc2)cc1. The third kappa shape index (κ3) is 5.94. The van der Waals surface area contributed by atoms with Crippen LogP contribution in [0.1, 0.15) is 12.0 Å². The van der Waals surface area contributed by atoms with E-state index in [-0.39, 0.29) is 5.91 Å². The summed E-state index contributed by atoms with van der Waals surface area (Å²) in [5.74, 6) is 2.27. The molecule has 0 radical (unpaired) electrons. The highest BCUT2D eigenvalue weighted by Crippen LogP contribution is 2.36. The molecule has 0 saturated carbocycles. The van der Waals surface area contributed by atoms with Gasteiger partial charge in [-0.15, -0.1) is 0 Å². The van der Waals surface area contributed by atoms with E-state index in [1.807, 2.05) is 84.9 Å². The van der Waals surface area contributed by atoms with Crippen molar-refractivity contribution < 1.29 is 19.0 Å². The van der Waals surface area contributed by atoms with Gasteiger partial charge in [0.2, 0.25) is 0 Å². The van der Waals surface area contributed by atoms with Crippen molar-refractivity contribution >= 4 is 46.0 Å². The first-order valence-electron chi connectivity index (χ1n) is 10.5. The van der Waals surface area contributed by atoms with Crippen LogP contribution in [-0.2, 0) is 4.79 Å². The van der Waals surface area contributed by atoms with Crippen LogP contribution in [0.3, 0.4) is 0 Å². The first-order valence-corrected chi connectivity index (χ1v) is 11.7. The maximum Gasteiger partial charge on any atom is 0.270 e. The second-order valence-corrected chi connectivity index (χ2v) is 8.82. The number of benzene rings is 3. The molecular formula is C26H23NO4S2. The van der Waals surface area contributed by atoms with Gasteiger partial charge in [0.15, 0.2) is 4.32 Å². The fourth-order valence-corrected chi connectivity index (χ4v) is 4.49. The Hall–Kier alpha value is -3.29. The average Bonchev–Trinajstić information content (AvgIpc) is 3.13. The summed E-state index contributed by atoms with van der Waals surface area (Å²) in [4.78, 5) is 15.0. The van der Waals surface area contributed by atoms with E-state index in [0.717, 1.165) is 34.9 Å². The maximum absolute atomic E-state index is 12.8. The molecule has 3 aromatic rings. The summed E-state index contributed by atoms with van der Waals surface area (Å²) in [7, 11) is 1.64. The molecule has 7 heteroatoms. The summed E-state index contributed by atoms with van der Waals surface area (Å²) in [5, 5.41) is 0. The number of hydrogen-bond donors (Lipinski definition) is 0. The van der Waals surface area contributed by atoms with Crippen molar-refractivity contribution in [2.75, 3.05) is 25.2 Å². The van der Waals surface area contributed by atoms with Crippen LogP contribution in [0, 0.1) is 0 Å². The molecule has 1 fully saturated rings. The summed E-state index contributed by atoms with van der Waals surface area (Å²) in [6.45, 7) is 1.11. The van der Waals surface area contributed by atoms with Crippen molar-refractivity contribution in [3.05, 3.63) is 89.3 Å².